The summed E-state index contributed by atoms with van der Waals surface area (Å²) < 4.78 is 38.2. The van der Waals surface area contributed by atoms with Crippen LogP contribution < -0.4 is 63.5 Å². The number of rotatable bonds is 46. The second kappa shape index (κ2) is 58.5. The monoisotopic (exact) mass is 2040 g/mol. The largest absolute Gasteiger partial charge is 0.481 e. The first-order chi connectivity index (χ1) is 70.0. The summed E-state index contributed by atoms with van der Waals surface area (Å²) in [6, 6.07) is 26.1. The van der Waals surface area contributed by atoms with Gasteiger partial charge in [-0.05, 0) is 108 Å². The standard InChI is InChI=1S/2C48H66N10O12.2CO2/c1-4-5-6-14-51-44-41-34(54-47(49)55-44)13-17-58(41)26-33-9-7-31(22-29(33)2)25-56-18-20-57(21-19-56)48(67)69-27-32-8-10-37(70-46-43(65)42(64)36(59)28-68-46)35(24-32)53-39(61)12-15-50-38(60)11-16-52-45(66)30(3)23-40(62)63;1-4-5-6-14-52-44-41-34(54-47(49)55-44)13-17-58(41)26-33-9-7-31(22-29(33)2)25-56-18-20-57(21-19-56)48(67)69-27-32-8-10-37(70-46-43(64)42(63)36(59)28-68-46)35(24-32)53-39(61)12-16-50-38(60)11-15-51-40(62)23-30(3)45(65)66;2*2-1-3/h7-10,13,17,22,24,30,36,42-43,46,59,64-65H,4-6,11-12,14-16,18-21,23,25-28H2,1-3H3,(H,50,60)(H,52,66)(H,53,61)(H,62,63)(H3,49,51,54,55);7-10,13,17,22,24,30,36,42-43,46,59,63-64H,4-6,11-12,14-16,18-21,23,25-28H2,1-3H3,(H,50,60)(H,51,62)(H,53,61)(H,65,66)(H3,49,52,54,55);;/t2*30?,36-,42+,43-,46+;;/m11../s1. The first kappa shape index (κ1) is 115. The van der Waals surface area contributed by atoms with Crippen molar-refractivity contribution in [2.24, 2.45) is 11.8 Å². The second-order valence-corrected chi connectivity index (χ2v) is 35.6. The molecule has 4 aromatic carbocycles. The highest BCUT2D eigenvalue weighted by atomic mass is 16.7. The number of aliphatic hydroxyl groups is 6. The maximum absolute atomic E-state index is 13.3. The van der Waals surface area contributed by atoms with Crippen LogP contribution in [0.15, 0.2) is 97.3 Å². The first-order valence-electron chi connectivity index (χ1n) is 48.2. The van der Waals surface area contributed by atoms with Crippen LogP contribution in [-0.4, -0.2) is 315 Å². The molecular formula is C98H132N20O28. The van der Waals surface area contributed by atoms with Gasteiger partial charge in [0.15, 0.2) is 11.6 Å². The zero-order valence-electron chi connectivity index (χ0n) is 82.4. The minimum atomic E-state index is -1.62. The Balaban J connectivity index is 0.000000308. The summed E-state index contributed by atoms with van der Waals surface area (Å²) in [6.07, 6.45) is -2.77. The summed E-state index contributed by atoms with van der Waals surface area (Å²) in [7, 11) is 0. The molecule has 4 aromatic heterocycles. The molecule has 2 unspecified atom stereocenters. The lowest BCUT2D eigenvalue weighted by Gasteiger charge is -2.35. The number of carbonyl (C=O) groups excluding carboxylic acids is 12. The average molecular weight is 2040 g/mol. The number of carbonyl (C=O) groups is 10. The number of aryl methyl sites for hydroxylation is 2. The SMILES string of the molecule is CCCCCNc1nc(N)nc2ccn(Cc3ccc(CN4CCN(C(=O)OCc5ccc(O[C@@H]6OC[C@@H](O)[C@H](O)[C@H]6O)c(NC(=O)CCNC(=O)CCNC(=O)C(C)CC(=O)O)c5)CC4)cc3C)c12.CCCCCNc1nc(N)nc2ccn(Cc3ccc(CN4CCN(C(=O)OCc5ccc(O[C@@H]6OC[C@@H](O)[C@H](O)[C@H]6O)c(NC(=O)CCNC(=O)CCNC(=O)CC(C)C(=O)O)c5)CC4)cc3C)c12.O=C=O.O=C=O. The Morgan fingerprint density at radius 3 is 1.22 bits per heavy atom. The van der Waals surface area contributed by atoms with Gasteiger partial charge in [-0.3, -0.25) is 48.2 Å². The molecule has 48 nitrogen and oxygen atoms in total. The summed E-state index contributed by atoms with van der Waals surface area (Å²) in [5.74, 6) is -4.76. The highest BCUT2D eigenvalue weighted by molar-refractivity contribution is 5.94. The van der Waals surface area contributed by atoms with Crippen LogP contribution in [0.4, 0.5) is 44.5 Å². The molecule has 0 radical (unpaired) electrons. The van der Waals surface area contributed by atoms with Crippen LogP contribution in [0.2, 0.25) is 0 Å². The first-order valence-corrected chi connectivity index (χ1v) is 48.2. The zero-order valence-corrected chi connectivity index (χ0v) is 82.4. The molecule has 8 amide bonds. The van der Waals surface area contributed by atoms with Crippen LogP contribution >= 0.6 is 0 Å². The van der Waals surface area contributed by atoms with Crippen LogP contribution in [0.5, 0.6) is 11.5 Å². The van der Waals surface area contributed by atoms with E-state index in [9.17, 15) is 78.6 Å². The second-order valence-electron chi connectivity index (χ2n) is 35.6. The van der Waals surface area contributed by atoms with Gasteiger partial charge in [-0.1, -0.05) is 102 Å². The predicted molar refractivity (Wildman–Crippen MR) is 525 cm³/mol. The Hall–Kier alpha value is -14.4. The number of unbranched alkanes of at least 4 members (excludes halogenated alkanes) is 4. The summed E-state index contributed by atoms with van der Waals surface area (Å²) in [4.78, 5) is 181. The number of nitrogens with one attached hydrogen (secondary N) is 8. The van der Waals surface area contributed by atoms with Gasteiger partial charge in [0.05, 0.1) is 48.0 Å². The minimum Gasteiger partial charge on any atom is -0.481 e. The topological polar surface area (TPSA) is 679 Å². The van der Waals surface area contributed by atoms with E-state index in [0.29, 0.717) is 89.7 Å². The Morgan fingerprint density at radius 1 is 0.452 bits per heavy atom. The van der Waals surface area contributed by atoms with Crippen molar-refractivity contribution in [2.45, 2.75) is 207 Å². The molecule has 8 aromatic rings. The Labute approximate surface area is 841 Å². The molecule has 4 saturated heterocycles. The molecule has 4 aliphatic heterocycles. The molecule has 0 saturated carbocycles. The lowest BCUT2D eigenvalue weighted by atomic mass is 10.0. The van der Waals surface area contributed by atoms with Crippen LogP contribution in [0.3, 0.4) is 0 Å². The van der Waals surface area contributed by atoms with Crippen LogP contribution in [-0.2, 0) is 116 Å². The number of hydrogen-bond acceptors (Lipinski definition) is 36. The number of nitrogen functional groups attached to an aromatic ring is 2. The van der Waals surface area contributed by atoms with E-state index in [1.165, 1.54) is 49.2 Å². The molecule has 4 fully saturated rings. The maximum atomic E-state index is 13.3. The van der Waals surface area contributed by atoms with E-state index in [2.05, 4.69) is 145 Å². The van der Waals surface area contributed by atoms with Crippen LogP contribution in [0.1, 0.15) is 149 Å². The van der Waals surface area contributed by atoms with E-state index >= 15 is 0 Å². The molecular weight excluding hydrogens is 1910 g/mol. The molecule has 792 valence electrons. The molecule has 0 bridgehead atoms. The number of aliphatic hydroxyl groups excluding tert-OH is 6. The molecule has 20 N–H and O–H groups in total. The zero-order chi connectivity index (χ0) is 106. The average Bonchev–Trinajstić information content (AvgIpc) is 1.62. The maximum Gasteiger partial charge on any atom is 0.410 e. The fourth-order valence-corrected chi connectivity index (χ4v) is 16.1. The van der Waals surface area contributed by atoms with E-state index in [-0.39, 0.29) is 138 Å². The third-order valence-electron chi connectivity index (χ3n) is 24.2. The lowest BCUT2D eigenvalue weighted by molar-refractivity contribution is -0.241. The normalized spacial score (nSPS) is 18.1. The summed E-state index contributed by atoms with van der Waals surface area (Å²) in [5, 5.41) is 102. The molecule has 4 aliphatic rings. The van der Waals surface area contributed by atoms with E-state index in [1.807, 2.05) is 24.5 Å². The van der Waals surface area contributed by atoms with Gasteiger partial charge in [-0.2, -0.15) is 29.1 Å². The summed E-state index contributed by atoms with van der Waals surface area (Å²) in [5.41, 5.74) is 23.7. The van der Waals surface area contributed by atoms with Crippen molar-refractivity contribution < 1.29 is 136 Å². The smallest absolute Gasteiger partial charge is 0.410 e. The molecule has 0 spiro atoms. The number of piperazine rings is 2. The fourth-order valence-electron chi connectivity index (χ4n) is 16.1. The van der Waals surface area contributed by atoms with E-state index in [4.69, 9.17) is 69.3 Å². The number of nitrogens with zero attached hydrogens (tertiary/aromatic N) is 10. The third kappa shape index (κ3) is 36.1. The number of ether oxygens (including phenoxy) is 6. The van der Waals surface area contributed by atoms with Crippen molar-refractivity contribution in [3.05, 3.63) is 142 Å². The van der Waals surface area contributed by atoms with Gasteiger partial charge in [0.2, 0.25) is 59.9 Å². The van der Waals surface area contributed by atoms with Crippen LogP contribution in [0.25, 0.3) is 22.1 Å². The minimum absolute atomic E-state index is 0.0185. The van der Waals surface area contributed by atoms with Gasteiger partial charge >= 0.3 is 36.4 Å². The molecule has 146 heavy (non-hydrogen) atoms. The number of anilines is 6. The van der Waals surface area contributed by atoms with Gasteiger partial charge < -0.3 is 142 Å². The van der Waals surface area contributed by atoms with E-state index in [1.54, 1.807) is 21.9 Å². The quantitative estimate of drug-likeness (QED) is 0.0243. The van der Waals surface area contributed by atoms with Gasteiger partial charge in [0.25, 0.3) is 0 Å². The van der Waals surface area contributed by atoms with Gasteiger partial charge in [-0.25, -0.2) is 19.6 Å². The molecule has 10 atom stereocenters. The lowest BCUT2D eigenvalue weighted by Crippen LogP contribution is -2.54. The molecule has 0 aliphatic carbocycles. The number of amides is 8. The Kier molecular flexibility index (Phi) is 46.2. The molecule has 12 rings (SSSR count). The summed E-state index contributed by atoms with van der Waals surface area (Å²) >= 11 is 0. The van der Waals surface area contributed by atoms with Crippen molar-refractivity contribution >= 4 is 129 Å². The molecule has 8 heterocycles. The molecule has 48 heteroatoms. The Morgan fingerprint density at radius 2 is 0.836 bits per heavy atom. The number of carboxylic acid groups (broad SMARTS) is 2. The fraction of sp³-hybridized carbons (Fsp3) is 0.510. The summed E-state index contributed by atoms with van der Waals surface area (Å²) in [6.45, 7) is 19.0. The highest BCUT2D eigenvalue weighted by Gasteiger charge is 2.41. The number of fused-ring (bicyclic) bond motifs is 2. The van der Waals surface area contributed by atoms with E-state index in [0.717, 1.165) is 108 Å². The van der Waals surface area contributed by atoms with E-state index < -0.39 is 121 Å². The predicted octanol–water partition coefficient (Wildman–Crippen LogP) is 3.45. The number of aliphatic carboxylic acids is 2. The van der Waals surface area contributed by atoms with Crippen molar-refractivity contribution in [2.75, 3.05) is 138 Å². The number of carboxylic acids is 2. The van der Waals surface area contributed by atoms with Crippen molar-refractivity contribution in [1.29, 1.82) is 0 Å². The Bertz CT molecular complexity index is 5770. The van der Waals surface area contributed by atoms with Crippen molar-refractivity contribution in [3.63, 3.8) is 0 Å². The van der Waals surface area contributed by atoms with Crippen molar-refractivity contribution in [1.82, 2.24) is 69.9 Å². The van der Waals surface area contributed by atoms with Gasteiger partial charge in [0, 0.05) is 168 Å². The van der Waals surface area contributed by atoms with Crippen LogP contribution in [0, 0.1) is 25.7 Å². The van der Waals surface area contributed by atoms with Gasteiger partial charge in [-0.15, -0.1) is 0 Å². The third-order valence-corrected chi connectivity index (χ3v) is 24.2. The number of hydrogen-bond donors (Lipinski definition) is 18. The number of aromatic nitrogens is 6. The van der Waals surface area contributed by atoms with Crippen molar-refractivity contribution in [3.8, 4) is 11.5 Å². The number of benzene rings is 4. The highest BCUT2D eigenvalue weighted by Crippen LogP contribution is 2.35. The van der Waals surface area contributed by atoms with Gasteiger partial charge in [0.1, 0.15) is 72.4 Å². The number of nitrogens with two attached hydrogens (primary N) is 2.